The maximum absolute atomic E-state index is 12.2. The highest BCUT2D eigenvalue weighted by molar-refractivity contribution is 8.00. The lowest BCUT2D eigenvalue weighted by Crippen LogP contribution is -2.32. The maximum Gasteiger partial charge on any atom is 0.240 e. The normalized spacial score (nSPS) is 12.7. The maximum atomic E-state index is 12.2. The molecule has 1 aromatic heterocycles. The Bertz CT molecular complexity index is 785. The zero-order valence-corrected chi connectivity index (χ0v) is 14.8. The van der Waals surface area contributed by atoms with Crippen LogP contribution in [0.2, 0.25) is 5.02 Å². The number of rotatable bonds is 8. The Hall–Kier alpha value is -1.68. The first-order valence-corrected chi connectivity index (χ1v) is 9.61. The third kappa shape index (κ3) is 5.45. The molecule has 0 aliphatic carbocycles. The lowest BCUT2D eigenvalue weighted by Gasteiger charge is -2.12. The van der Waals surface area contributed by atoms with Crippen LogP contribution in [0.15, 0.2) is 52.8 Å². The summed E-state index contributed by atoms with van der Waals surface area (Å²) in [6.45, 7) is 0.0540. The van der Waals surface area contributed by atoms with Crippen LogP contribution in [0.1, 0.15) is 6.42 Å². The fourth-order valence-corrected chi connectivity index (χ4v) is 3.78. The molecule has 3 N–H and O–H groups in total. The van der Waals surface area contributed by atoms with Crippen molar-refractivity contribution in [3.05, 3.63) is 47.7 Å². The zero-order valence-electron chi connectivity index (χ0n) is 12.4. The van der Waals surface area contributed by atoms with E-state index in [0.717, 1.165) is 11.8 Å². The number of hydrogen-bond acceptors (Lipinski definition) is 6. The van der Waals surface area contributed by atoms with Gasteiger partial charge < -0.3 is 5.73 Å². The molecule has 1 aromatic carbocycles. The van der Waals surface area contributed by atoms with Gasteiger partial charge in [0.1, 0.15) is 0 Å². The number of nitrogens with two attached hydrogens (primary N) is 1. The number of hydrogen-bond donors (Lipinski definition) is 2. The summed E-state index contributed by atoms with van der Waals surface area (Å²) < 4.78 is 26.7. The average Bonchev–Trinajstić information content (AvgIpc) is 2.55. The van der Waals surface area contributed by atoms with E-state index in [9.17, 15) is 13.2 Å². The highest BCUT2D eigenvalue weighted by atomic mass is 35.5. The Morgan fingerprint density at radius 3 is 2.46 bits per heavy atom. The number of nitrogens with one attached hydrogen (secondary N) is 1. The van der Waals surface area contributed by atoms with E-state index in [1.54, 1.807) is 18.5 Å². The lowest BCUT2D eigenvalue weighted by atomic mass is 10.3. The molecule has 1 heterocycles. The standard InChI is InChI=1S/C14H15ClN4O3S2/c15-10-2-4-11(5-3-10)24(21,22)19-9-6-12(13(16)20)23-14-17-7-1-8-18-14/h1-5,7-8,12,19H,6,9H2,(H2,16,20). The quantitative estimate of drug-likeness (QED) is 0.524. The minimum atomic E-state index is -3.67. The molecule has 0 spiro atoms. The third-order valence-electron chi connectivity index (χ3n) is 2.93. The molecule has 1 amide bonds. The molecule has 128 valence electrons. The van der Waals surface area contributed by atoms with Gasteiger partial charge in [-0.25, -0.2) is 23.1 Å². The summed E-state index contributed by atoms with van der Waals surface area (Å²) in [5.74, 6) is -0.557. The molecule has 2 aromatic rings. The van der Waals surface area contributed by atoms with Gasteiger partial charge in [-0.05, 0) is 36.8 Å². The first kappa shape index (κ1) is 18.7. The third-order valence-corrected chi connectivity index (χ3v) is 5.83. The molecule has 1 atom stereocenters. The number of carbonyl (C=O) groups is 1. The van der Waals surface area contributed by atoms with E-state index in [-0.39, 0.29) is 17.9 Å². The van der Waals surface area contributed by atoms with Crippen molar-refractivity contribution in [2.75, 3.05) is 6.54 Å². The average molecular weight is 387 g/mol. The van der Waals surface area contributed by atoms with Gasteiger partial charge in [0.15, 0.2) is 5.16 Å². The van der Waals surface area contributed by atoms with Gasteiger partial charge in [-0.15, -0.1) is 0 Å². The van der Waals surface area contributed by atoms with Crippen LogP contribution < -0.4 is 10.5 Å². The van der Waals surface area contributed by atoms with Crippen LogP contribution in [0, 0.1) is 0 Å². The Kier molecular flexibility index (Phi) is 6.55. The predicted octanol–water partition coefficient (Wildman–Crippen LogP) is 1.44. The largest absolute Gasteiger partial charge is 0.369 e. The topological polar surface area (TPSA) is 115 Å². The molecule has 0 radical (unpaired) electrons. The Labute approximate surface area is 149 Å². The minimum absolute atomic E-state index is 0.0540. The first-order chi connectivity index (χ1) is 11.4. The van der Waals surface area contributed by atoms with Gasteiger partial charge in [-0.3, -0.25) is 4.79 Å². The molecule has 0 bridgehead atoms. The van der Waals surface area contributed by atoms with Crippen molar-refractivity contribution in [2.24, 2.45) is 5.73 Å². The highest BCUT2D eigenvalue weighted by Crippen LogP contribution is 2.21. The van der Waals surface area contributed by atoms with Gasteiger partial charge in [0.25, 0.3) is 0 Å². The molecule has 2 rings (SSSR count). The van der Waals surface area contributed by atoms with Crippen molar-refractivity contribution in [1.82, 2.24) is 14.7 Å². The number of halogens is 1. The molecule has 7 nitrogen and oxygen atoms in total. The SMILES string of the molecule is NC(=O)C(CCNS(=O)(=O)c1ccc(Cl)cc1)Sc1ncccn1. The minimum Gasteiger partial charge on any atom is -0.369 e. The van der Waals surface area contributed by atoms with Crippen molar-refractivity contribution in [1.29, 1.82) is 0 Å². The number of primary amides is 1. The Morgan fingerprint density at radius 1 is 1.25 bits per heavy atom. The highest BCUT2D eigenvalue weighted by Gasteiger charge is 2.20. The molecular formula is C14H15ClN4O3S2. The van der Waals surface area contributed by atoms with Gasteiger partial charge in [0, 0.05) is 24.0 Å². The summed E-state index contributed by atoms with van der Waals surface area (Å²) in [6.07, 6.45) is 3.32. The van der Waals surface area contributed by atoms with Crippen molar-refractivity contribution in [2.45, 2.75) is 21.7 Å². The molecule has 0 fully saturated rings. The second-order valence-corrected chi connectivity index (χ2v) is 8.05. The molecule has 0 saturated heterocycles. The van der Waals surface area contributed by atoms with Crippen LogP contribution in [0.3, 0.4) is 0 Å². The molecule has 0 aliphatic rings. The van der Waals surface area contributed by atoms with E-state index in [1.165, 1.54) is 24.3 Å². The van der Waals surface area contributed by atoms with Crippen LogP contribution in [0.4, 0.5) is 0 Å². The lowest BCUT2D eigenvalue weighted by molar-refractivity contribution is -0.117. The molecule has 0 saturated carbocycles. The monoisotopic (exact) mass is 386 g/mol. The molecule has 1 unspecified atom stereocenters. The smallest absolute Gasteiger partial charge is 0.240 e. The van der Waals surface area contributed by atoms with Gasteiger partial charge in [-0.1, -0.05) is 23.4 Å². The predicted molar refractivity (Wildman–Crippen MR) is 92.1 cm³/mol. The molecule has 0 aliphatic heterocycles. The molecular weight excluding hydrogens is 372 g/mol. The number of carbonyl (C=O) groups excluding carboxylic acids is 1. The first-order valence-electron chi connectivity index (χ1n) is 6.87. The summed E-state index contributed by atoms with van der Waals surface area (Å²) in [4.78, 5) is 19.6. The van der Waals surface area contributed by atoms with Crippen LogP contribution in [0.25, 0.3) is 0 Å². The van der Waals surface area contributed by atoms with Gasteiger partial charge in [0.2, 0.25) is 15.9 Å². The fraction of sp³-hybridized carbons (Fsp3) is 0.214. The van der Waals surface area contributed by atoms with Crippen LogP contribution >= 0.6 is 23.4 Å². The van der Waals surface area contributed by atoms with E-state index in [1.807, 2.05) is 0 Å². The van der Waals surface area contributed by atoms with E-state index >= 15 is 0 Å². The number of amides is 1. The number of thioether (sulfide) groups is 1. The number of aromatic nitrogens is 2. The summed E-state index contributed by atoms with van der Waals surface area (Å²) in [5.41, 5.74) is 5.35. The van der Waals surface area contributed by atoms with E-state index in [4.69, 9.17) is 17.3 Å². The second kappa shape index (κ2) is 8.43. The van der Waals surface area contributed by atoms with Crippen molar-refractivity contribution in [3.63, 3.8) is 0 Å². The van der Waals surface area contributed by atoms with Crippen LogP contribution in [-0.4, -0.2) is 36.1 Å². The van der Waals surface area contributed by atoms with E-state index < -0.39 is 21.2 Å². The van der Waals surface area contributed by atoms with Crippen molar-refractivity contribution in [3.8, 4) is 0 Å². The van der Waals surface area contributed by atoms with Crippen molar-refractivity contribution >= 4 is 39.3 Å². The Morgan fingerprint density at radius 2 is 1.88 bits per heavy atom. The molecule has 10 heteroatoms. The number of sulfonamides is 1. The van der Waals surface area contributed by atoms with Crippen molar-refractivity contribution < 1.29 is 13.2 Å². The second-order valence-electron chi connectivity index (χ2n) is 4.68. The summed E-state index contributed by atoms with van der Waals surface area (Å²) >= 11 is 6.83. The molecule has 24 heavy (non-hydrogen) atoms. The summed E-state index contributed by atoms with van der Waals surface area (Å²) in [7, 11) is -3.67. The van der Waals surface area contributed by atoms with E-state index in [0.29, 0.717) is 10.2 Å². The van der Waals surface area contributed by atoms with Crippen LogP contribution in [0.5, 0.6) is 0 Å². The zero-order chi connectivity index (χ0) is 17.6. The van der Waals surface area contributed by atoms with Gasteiger partial charge >= 0.3 is 0 Å². The fourth-order valence-electron chi connectivity index (χ4n) is 1.75. The summed E-state index contributed by atoms with van der Waals surface area (Å²) in [5, 5.41) is 0.212. The van der Waals surface area contributed by atoms with Gasteiger partial charge in [0.05, 0.1) is 10.1 Å². The number of benzene rings is 1. The van der Waals surface area contributed by atoms with Gasteiger partial charge in [-0.2, -0.15) is 0 Å². The van der Waals surface area contributed by atoms with E-state index in [2.05, 4.69) is 14.7 Å². The number of nitrogens with zero attached hydrogens (tertiary/aromatic N) is 2. The summed E-state index contributed by atoms with van der Waals surface area (Å²) in [6, 6.07) is 7.45. The Balaban J connectivity index is 1.95. The van der Waals surface area contributed by atoms with Crippen LogP contribution in [-0.2, 0) is 14.8 Å².